The number of nitrogens with zero attached hydrogens (tertiary/aromatic N) is 3. The Morgan fingerprint density at radius 2 is 1.69 bits per heavy atom. The smallest absolute Gasteiger partial charge is 0.249 e. The fraction of sp³-hybridized carbons (Fsp3) is 0.0588. The van der Waals surface area contributed by atoms with Crippen molar-refractivity contribution in [3.05, 3.63) is 58.7 Å². The lowest BCUT2D eigenvalue weighted by Gasteiger charge is -2.09. The first-order valence-corrected chi connectivity index (χ1v) is 8.31. The summed E-state index contributed by atoms with van der Waals surface area (Å²) in [6.07, 6.45) is 1.48. The summed E-state index contributed by atoms with van der Waals surface area (Å²) < 4.78 is 0. The molecule has 7 nitrogen and oxygen atoms in total. The monoisotopic (exact) mass is 388 g/mol. The van der Waals surface area contributed by atoms with Crippen molar-refractivity contribution in [3.8, 4) is 0 Å². The van der Waals surface area contributed by atoms with E-state index in [0.717, 1.165) is 0 Å². The SMILES string of the molecule is CC(=O)Nc1cccc(Nc2nncc(Nc3cc(Cl)cc(Cl)c3)n2)c1. The van der Waals surface area contributed by atoms with Crippen LogP contribution in [0.1, 0.15) is 6.92 Å². The number of carbonyl (C=O) groups excluding carboxylic acids is 1. The molecule has 0 fully saturated rings. The second-order valence-corrected chi connectivity index (χ2v) is 6.21. The molecule has 132 valence electrons. The Morgan fingerprint density at radius 3 is 2.42 bits per heavy atom. The van der Waals surface area contributed by atoms with Crippen molar-refractivity contribution in [1.82, 2.24) is 15.2 Å². The van der Waals surface area contributed by atoms with Gasteiger partial charge in [-0.2, -0.15) is 10.1 Å². The zero-order valence-corrected chi connectivity index (χ0v) is 15.1. The van der Waals surface area contributed by atoms with E-state index in [-0.39, 0.29) is 5.91 Å². The number of halogens is 2. The number of nitrogens with one attached hydrogen (secondary N) is 3. The Labute approximate surface area is 159 Å². The van der Waals surface area contributed by atoms with Gasteiger partial charge in [-0.25, -0.2) is 0 Å². The van der Waals surface area contributed by atoms with Crippen LogP contribution >= 0.6 is 23.2 Å². The number of benzene rings is 2. The summed E-state index contributed by atoms with van der Waals surface area (Å²) in [6.45, 7) is 1.45. The van der Waals surface area contributed by atoms with Crippen molar-refractivity contribution in [2.45, 2.75) is 6.92 Å². The van der Waals surface area contributed by atoms with E-state index >= 15 is 0 Å². The molecular weight excluding hydrogens is 375 g/mol. The molecule has 0 aliphatic carbocycles. The number of amides is 1. The van der Waals surface area contributed by atoms with Crippen LogP contribution in [0.15, 0.2) is 48.7 Å². The largest absolute Gasteiger partial charge is 0.339 e. The summed E-state index contributed by atoms with van der Waals surface area (Å²) in [5, 5.41) is 17.7. The lowest BCUT2D eigenvalue weighted by molar-refractivity contribution is -0.114. The van der Waals surface area contributed by atoms with Crippen molar-refractivity contribution in [2.24, 2.45) is 0 Å². The van der Waals surface area contributed by atoms with Gasteiger partial charge in [-0.1, -0.05) is 29.3 Å². The number of hydrogen-bond acceptors (Lipinski definition) is 6. The maximum Gasteiger partial charge on any atom is 0.249 e. The number of rotatable bonds is 5. The van der Waals surface area contributed by atoms with Gasteiger partial charge in [-0.3, -0.25) is 4.79 Å². The number of aromatic nitrogens is 3. The van der Waals surface area contributed by atoms with Crippen LogP contribution in [0.3, 0.4) is 0 Å². The number of carbonyl (C=O) groups is 1. The quantitative estimate of drug-likeness (QED) is 0.590. The average molecular weight is 389 g/mol. The van der Waals surface area contributed by atoms with E-state index in [2.05, 4.69) is 31.1 Å². The molecule has 0 aliphatic rings. The summed E-state index contributed by atoms with van der Waals surface area (Å²) in [5.41, 5.74) is 2.06. The van der Waals surface area contributed by atoms with Gasteiger partial charge in [0.25, 0.3) is 0 Å². The second-order valence-electron chi connectivity index (χ2n) is 5.34. The molecule has 0 atom stereocenters. The molecular formula is C17H14Cl2N6O. The minimum atomic E-state index is -0.147. The first-order chi connectivity index (χ1) is 12.5. The molecule has 3 N–H and O–H groups in total. The average Bonchev–Trinajstić information content (AvgIpc) is 2.54. The zero-order valence-electron chi connectivity index (χ0n) is 13.6. The van der Waals surface area contributed by atoms with E-state index in [9.17, 15) is 4.79 Å². The predicted octanol–water partition coefficient (Wildman–Crippen LogP) is 4.62. The standard InChI is InChI=1S/C17H14Cl2N6O/c1-10(26)21-13-3-2-4-14(8-13)23-17-24-16(9-20-25-17)22-15-6-11(18)5-12(19)7-15/h2-9H,1H3,(H,21,26)(H2,22,23,24,25). The van der Waals surface area contributed by atoms with E-state index in [1.165, 1.54) is 13.1 Å². The zero-order chi connectivity index (χ0) is 18.5. The van der Waals surface area contributed by atoms with Gasteiger partial charge in [-0.05, 0) is 36.4 Å². The van der Waals surface area contributed by atoms with Gasteiger partial charge in [0.2, 0.25) is 11.9 Å². The molecule has 0 unspecified atom stereocenters. The van der Waals surface area contributed by atoms with Crippen molar-refractivity contribution in [1.29, 1.82) is 0 Å². The first kappa shape index (κ1) is 17.9. The molecule has 9 heteroatoms. The third kappa shape index (κ3) is 5.05. The van der Waals surface area contributed by atoms with E-state index in [1.54, 1.807) is 36.4 Å². The third-order valence-electron chi connectivity index (χ3n) is 3.13. The molecule has 3 rings (SSSR count). The Morgan fingerprint density at radius 1 is 0.962 bits per heavy atom. The lowest BCUT2D eigenvalue weighted by Crippen LogP contribution is -2.06. The number of anilines is 5. The van der Waals surface area contributed by atoms with Crippen LogP contribution in [0, 0.1) is 0 Å². The highest BCUT2D eigenvalue weighted by Crippen LogP contribution is 2.25. The lowest BCUT2D eigenvalue weighted by atomic mass is 10.3. The fourth-order valence-electron chi connectivity index (χ4n) is 2.20. The third-order valence-corrected chi connectivity index (χ3v) is 3.57. The van der Waals surface area contributed by atoms with Crippen LogP contribution in [0.5, 0.6) is 0 Å². The molecule has 0 spiro atoms. The maximum absolute atomic E-state index is 11.2. The van der Waals surface area contributed by atoms with E-state index < -0.39 is 0 Å². The van der Waals surface area contributed by atoms with Crippen LogP contribution in [0.25, 0.3) is 0 Å². The van der Waals surface area contributed by atoms with Crippen molar-refractivity contribution in [2.75, 3.05) is 16.0 Å². The number of hydrogen-bond donors (Lipinski definition) is 3. The Hall–Kier alpha value is -2.90. The van der Waals surface area contributed by atoms with Gasteiger partial charge in [0.1, 0.15) is 0 Å². The van der Waals surface area contributed by atoms with Crippen LogP contribution < -0.4 is 16.0 Å². The van der Waals surface area contributed by atoms with E-state index in [4.69, 9.17) is 23.2 Å². The van der Waals surface area contributed by atoms with Crippen LogP contribution in [-0.2, 0) is 4.79 Å². The second kappa shape index (κ2) is 7.99. The Balaban J connectivity index is 1.76. The summed E-state index contributed by atoms with van der Waals surface area (Å²) in [6, 6.07) is 12.3. The minimum absolute atomic E-state index is 0.147. The molecule has 2 aromatic carbocycles. The molecule has 0 bridgehead atoms. The molecule has 0 saturated carbocycles. The summed E-state index contributed by atoms with van der Waals surface area (Å²) in [5.74, 6) is 0.619. The van der Waals surface area contributed by atoms with Crippen molar-refractivity contribution in [3.63, 3.8) is 0 Å². The van der Waals surface area contributed by atoms with Gasteiger partial charge < -0.3 is 16.0 Å². The normalized spacial score (nSPS) is 10.3. The summed E-state index contributed by atoms with van der Waals surface area (Å²) in [4.78, 5) is 15.5. The van der Waals surface area contributed by atoms with E-state index in [0.29, 0.717) is 38.9 Å². The molecule has 1 heterocycles. The maximum atomic E-state index is 11.2. The topological polar surface area (TPSA) is 91.8 Å². The highest BCUT2D eigenvalue weighted by molar-refractivity contribution is 6.35. The van der Waals surface area contributed by atoms with Crippen LogP contribution in [0.2, 0.25) is 10.0 Å². The molecule has 26 heavy (non-hydrogen) atoms. The molecule has 0 radical (unpaired) electrons. The van der Waals surface area contributed by atoms with Crippen LogP contribution in [0.4, 0.5) is 28.8 Å². The molecule has 0 saturated heterocycles. The summed E-state index contributed by atoms with van der Waals surface area (Å²) in [7, 11) is 0. The van der Waals surface area contributed by atoms with Gasteiger partial charge in [0, 0.05) is 34.0 Å². The molecule has 1 aromatic heterocycles. The highest BCUT2D eigenvalue weighted by Gasteiger charge is 2.05. The fourth-order valence-corrected chi connectivity index (χ4v) is 2.72. The van der Waals surface area contributed by atoms with Crippen molar-refractivity contribution >= 4 is 57.9 Å². The Bertz CT molecular complexity index is 930. The summed E-state index contributed by atoms with van der Waals surface area (Å²) >= 11 is 12.0. The van der Waals surface area contributed by atoms with Gasteiger partial charge in [0.05, 0.1) is 6.20 Å². The minimum Gasteiger partial charge on any atom is -0.339 e. The predicted molar refractivity (Wildman–Crippen MR) is 104 cm³/mol. The molecule has 0 aliphatic heterocycles. The van der Waals surface area contributed by atoms with Crippen molar-refractivity contribution < 1.29 is 4.79 Å². The van der Waals surface area contributed by atoms with Gasteiger partial charge >= 0.3 is 0 Å². The highest BCUT2D eigenvalue weighted by atomic mass is 35.5. The first-order valence-electron chi connectivity index (χ1n) is 7.55. The van der Waals surface area contributed by atoms with E-state index in [1.807, 2.05) is 6.07 Å². The van der Waals surface area contributed by atoms with Gasteiger partial charge in [0.15, 0.2) is 5.82 Å². The van der Waals surface area contributed by atoms with Gasteiger partial charge in [-0.15, -0.1) is 5.10 Å². The molecule has 3 aromatic rings. The Kier molecular flexibility index (Phi) is 5.50. The van der Waals surface area contributed by atoms with Crippen LogP contribution in [-0.4, -0.2) is 21.1 Å². The molecule has 1 amide bonds.